The van der Waals surface area contributed by atoms with Crippen molar-refractivity contribution in [2.45, 2.75) is 37.0 Å². The summed E-state index contributed by atoms with van der Waals surface area (Å²) in [6.45, 7) is 0.855. The Morgan fingerprint density at radius 3 is 2.80 bits per heavy atom. The fourth-order valence-electron chi connectivity index (χ4n) is 3.12. The lowest BCUT2D eigenvalue weighted by atomic mass is 10.0. The third kappa shape index (κ3) is 2.34. The number of sulfonamides is 1. The molecule has 0 aromatic heterocycles. The second kappa shape index (κ2) is 5.19. The highest BCUT2D eigenvalue weighted by Crippen LogP contribution is 2.28. The first-order chi connectivity index (χ1) is 9.61. The number of fused-ring (bicyclic) bond motifs is 1. The highest BCUT2D eigenvalue weighted by Gasteiger charge is 2.30. The molecule has 0 N–H and O–H groups in total. The molecule has 1 aromatic rings. The van der Waals surface area contributed by atoms with Crippen LogP contribution in [0.25, 0.3) is 0 Å². The van der Waals surface area contributed by atoms with Crippen molar-refractivity contribution < 1.29 is 8.42 Å². The van der Waals surface area contributed by atoms with Crippen LogP contribution in [0.4, 0.5) is 0 Å². The fraction of sp³-hybridized carbons (Fsp3) is 0.533. The third-order valence-electron chi connectivity index (χ3n) is 4.27. The minimum absolute atomic E-state index is 0.173. The largest absolute Gasteiger partial charge is 0.243 e. The van der Waals surface area contributed by atoms with E-state index >= 15 is 0 Å². The van der Waals surface area contributed by atoms with E-state index in [1.807, 2.05) is 12.1 Å². The van der Waals surface area contributed by atoms with Crippen molar-refractivity contribution >= 4 is 10.0 Å². The molecular formula is C15H18N2O2S. The summed E-state index contributed by atoms with van der Waals surface area (Å²) in [5.74, 6) is -0.173. The van der Waals surface area contributed by atoms with Crippen LogP contribution in [0.2, 0.25) is 0 Å². The second-order valence-electron chi connectivity index (χ2n) is 5.62. The standard InChI is InChI=1S/C15H18N2O2S/c16-10-12-3-2-8-17(11-12)20(18,19)15-7-6-13-4-1-5-14(13)9-15/h6-7,9,12H,1-5,8,11H2. The van der Waals surface area contributed by atoms with Gasteiger partial charge in [0.2, 0.25) is 10.0 Å². The van der Waals surface area contributed by atoms with Crippen LogP contribution in [0, 0.1) is 17.2 Å². The van der Waals surface area contributed by atoms with Crippen molar-refractivity contribution in [2.24, 2.45) is 5.92 Å². The van der Waals surface area contributed by atoms with Gasteiger partial charge in [-0.1, -0.05) is 6.07 Å². The molecule has 1 unspecified atom stereocenters. The maximum atomic E-state index is 12.7. The van der Waals surface area contributed by atoms with E-state index in [1.165, 1.54) is 15.4 Å². The smallest absolute Gasteiger partial charge is 0.207 e. The van der Waals surface area contributed by atoms with Crippen molar-refractivity contribution in [3.8, 4) is 6.07 Å². The molecule has 3 rings (SSSR count). The van der Waals surface area contributed by atoms with Crippen molar-refractivity contribution in [3.63, 3.8) is 0 Å². The molecule has 1 aromatic carbocycles. The van der Waals surface area contributed by atoms with Crippen LogP contribution in [0.3, 0.4) is 0 Å². The van der Waals surface area contributed by atoms with Gasteiger partial charge >= 0.3 is 0 Å². The molecule has 2 aliphatic rings. The lowest BCUT2D eigenvalue weighted by Crippen LogP contribution is -2.39. The SMILES string of the molecule is N#CC1CCCN(S(=O)(=O)c2ccc3c(c2)CCC3)C1. The van der Waals surface area contributed by atoms with Crippen LogP contribution in [0.15, 0.2) is 23.1 Å². The average Bonchev–Trinajstić information content (AvgIpc) is 2.94. The number of benzene rings is 1. The second-order valence-corrected chi connectivity index (χ2v) is 7.55. The highest BCUT2D eigenvalue weighted by atomic mass is 32.2. The minimum Gasteiger partial charge on any atom is -0.207 e. The van der Waals surface area contributed by atoms with E-state index in [2.05, 4.69) is 6.07 Å². The Morgan fingerprint density at radius 1 is 1.20 bits per heavy atom. The maximum Gasteiger partial charge on any atom is 0.243 e. The van der Waals surface area contributed by atoms with Crippen LogP contribution in [-0.4, -0.2) is 25.8 Å². The van der Waals surface area contributed by atoms with E-state index in [9.17, 15) is 8.42 Å². The molecule has 106 valence electrons. The predicted molar refractivity (Wildman–Crippen MR) is 75.6 cm³/mol. The van der Waals surface area contributed by atoms with Crippen molar-refractivity contribution in [2.75, 3.05) is 13.1 Å². The van der Waals surface area contributed by atoms with E-state index in [0.29, 0.717) is 18.0 Å². The van der Waals surface area contributed by atoms with Gasteiger partial charge in [-0.15, -0.1) is 0 Å². The number of rotatable bonds is 2. The quantitative estimate of drug-likeness (QED) is 0.838. The summed E-state index contributed by atoms with van der Waals surface area (Å²) in [5.41, 5.74) is 2.44. The van der Waals surface area contributed by atoms with Gasteiger partial charge < -0.3 is 0 Å². The molecule has 1 aliphatic carbocycles. The Kier molecular flexibility index (Phi) is 3.53. The van der Waals surface area contributed by atoms with Crippen LogP contribution in [0.5, 0.6) is 0 Å². The molecule has 1 heterocycles. The molecule has 1 fully saturated rings. The van der Waals surface area contributed by atoms with E-state index in [-0.39, 0.29) is 5.92 Å². The van der Waals surface area contributed by atoms with Gasteiger partial charge in [-0.05, 0) is 55.4 Å². The average molecular weight is 290 g/mol. The molecule has 0 bridgehead atoms. The first kappa shape index (κ1) is 13.6. The number of hydrogen-bond acceptors (Lipinski definition) is 3. The summed E-state index contributed by atoms with van der Waals surface area (Å²) in [4.78, 5) is 0.386. The Labute approximate surface area is 120 Å². The van der Waals surface area contributed by atoms with Crippen molar-refractivity contribution in [1.82, 2.24) is 4.31 Å². The molecule has 1 atom stereocenters. The number of aryl methyl sites for hydroxylation is 2. The number of nitriles is 1. The molecule has 20 heavy (non-hydrogen) atoms. The molecule has 0 saturated carbocycles. The lowest BCUT2D eigenvalue weighted by Gasteiger charge is -2.28. The Hall–Kier alpha value is -1.38. The topological polar surface area (TPSA) is 61.2 Å². The molecule has 5 heteroatoms. The monoisotopic (exact) mass is 290 g/mol. The first-order valence-electron chi connectivity index (χ1n) is 7.13. The van der Waals surface area contributed by atoms with Gasteiger partial charge in [0.25, 0.3) is 0 Å². The van der Waals surface area contributed by atoms with Crippen LogP contribution < -0.4 is 0 Å². The van der Waals surface area contributed by atoms with Crippen molar-refractivity contribution in [1.29, 1.82) is 5.26 Å². The highest BCUT2D eigenvalue weighted by molar-refractivity contribution is 7.89. The Morgan fingerprint density at radius 2 is 2.00 bits per heavy atom. The van der Waals surface area contributed by atoms with E-state index in [1.54, 1.807) is 6.07 Å². The van der Waals surface area contributed by atoms with Gasteiger partial charge in [-0.2, -0.15) is 9.57 Å². The zero-order valence-corrected chi connectivity index (χ0v) is 12.2. The van der Waals surface area contributed by atoms with E-state index in [0.717, 1.165) is 32.1 Å². The minimum atomic E-state index is -3.44. The van der Waals surface area contributed by atoms with Crippen LogP contribution in [0.1, 0.15) is 30.4 Å². The summed E-state index contributed by atoms with van der Waals surface area (Å²) < 4.78 is 26.8. The van der Waals surface area contributed by atoms with Gasteiger partial charge in [0.15, 0.2) is 0 Å². The Bertz CT molecular complexity index is 661. The molecule has 4 nitrogen and oxygen atoms in total. The lowest BCUT2D eigenvalue weighted by molar-refractivity contribution is 0.305. The predicted octanol–water partition coefficient (Wildman–Crippen LogP) is 2.10. The van der Waals surface area contributed by atoms with Gasteiger partial charge in [-0.3, -0.25) is 0 Å². The number of hydrogen-bond donors (Lipinski definition) is 0. The zero-order valence-electron chi connectivity index (χ0n) is 11.4. The summed E-state index contributed by atoms with van der Waals surface area (Å²) in [6, 6.07) is 7.68. The number of piperidine rings is 1. The number of nitrogens with zero attached hydrogens (tertiary/aromatic N) is 2. The fourth-order valence-corrected chi connectivity index (χ4v) is 4.70. The van der Waals surface area contributed by atoms with Gasteiger partial charge in [0.05, 0.1) is 16.9 Å². The van der Waals surface area contributed by atoms with Crippen molar-refractivity contribution in [3.05, 3.63) is 29.3 Å². The van der Waals surface area contributed by atoms with E-state index in [4.69, 9.17) is 5.26 Å². The zero-order chi connectivity index (χ0) is 14.2. The summed E-state index contributed by atoms with van der Waals surface area (Å²) in [5, 5.41) is 9.00. The molecular weight excluding hydrogens is 272 g/mol. The normalized spacial score (nSPS) is 23.2. The van der Waals surface area contributed by atoms with Gasteiger partial charge in [0, 0.05) is 13.1 Å². The summed E-state index contributed by atoms with van der Waals surface area (Å²) in [6.07, 6.45) is 4.70. The molecule has 0 amide bonds. The summed E-state index contributed by atoms with van der Waals surface area (Å²) in [7, 11) is -3.44. The van der Waals surface area contributed by atoms with Gasteiger partial charge in [0.1, 0.15) is 0 Å². The Balaban J connectivity index is 1.90. The molecule has 1 aliphatic heterocycles. The first-order valence-corrected chi connectivity index (χ1v) is 8.57. The molecule has 1 saturated heterocycles. The van der Waals surface area contributed by atoms with Crippen LogP contribution in [-0.2, 0) is 22.9 Å². The third-order valence-corrected chi connectivity index (χ3v) is 6.14. The van der Waals surface area contributed by atoms with Gasteiger partial charge in [-0.25, -0.2) is 8.42 Å². The van der Waals surface area contributed by atoms with Crippen LogP contribution >= 0.6 is 0 Å². The molecule has 0 spiro atoms. The van der Waals surface area contributed by atoms with E-state index < -0.39 is 10.0 Å². The maximum absolute atomic E-state index is 12.7. The summed E-state index contributed by atoms with van der Waals surface area (Å²) >= 11 is 0. The molecule has 0 radical (unpaired) electrons.